The number of rotatable bonds is 6. The van der Waals surface area contributed by atoms with E-state index in [0.29, 0.717) is 16.6 Å². The van der Waals surface area contributed by atoms with E-state index in [4.69, 9.17) is 15.4 Å². The summed E-state index contributed by atoms with van der Waals surface area (Å²) in [6, 6.07) is 2.77. The quantitative estimate of drug-likeness (QED) is 0.423. The molecule has 0 aromatic heterocycles. The van der Waals surface area contributed by atoms with Crippen LogP contribution in [-0.4, -0.2) is 21.0 Å². The lowest BCUT2D eigenvalue weighted by atomic mass is 10.1. The predicted molar refractivity (Wildman–Crippen MR) is 81.7 cm³/mol. The summed E-state index contributed by atoms with van der Waals surface area (Å²) >= 11 is 3.22. The molecule has 0 unspecified atom stereocenters. The highest BCUT2D eigenvalue weighted by Gasteiger charge is 2.19. The van der Waals surface area contributed by atoms with E-state index in [1.54, 1.807) is 6.92 Å². The molecule has 112 valence electrons. The van der Waals surface area contributed by atoms with Crippen LogP contribution in [0.1, 0.15) is 42.1 Å². The fourth-order valence-corrected chi connectivity index (χ4v) is 3.44. The van der Waals surface area contributed by atoms with E-state index in [0.717, 1.165) is 19.3 Å². The first kappa shape index (κ1) is 17.5. The SMILES string of the molecule is CCCCCOC(=O)c1cc(Br)c(C)c(S(=O)(=O)Cl)c1. The minimum atomic E-state index is -3.91. The van der Waals surface area contributed by atoms with Gasteiger partial charge in [-0.05, 0) is 31.0 Å². The zero-order valence-corrected chi connectivity index (χ0v) is 14.4. The van der Waals surface area contributed by atoms with Gasteiger partial charge in [0.25, 0.3) is 9.05 Å². The third-order valence-electron chi connectivity index (χ3n) is 2.78. The molecule has 0 saturated heterocycles. The molecule has 1 aromatic rings. The molecule has 0 fully saturated rings. The van der Waals surface area contributed by atoms with Crippen LogP contribution >= 0.6 is 26.6 Å². The summed E-state index contributed by atoms with van der Waals surface area (Å²) in [4.78, 5) is 11.8. The van der Waals surface area contributed by atoms with Gasteiger partial charge in [0, 0.05) is 15.2 Å². The Morgan fingerprint density at radius 2 is 2.00 bits per heavy atom. The Morgan fingerprint density at radius 3 is 2.55 bits per heavy atom. The van der Waals surface area contributed by atoms with Crippen LogP contribution in [0.4, 0.5) is 0 Å². The van der Waals surface area contributed by atoms with Gasteiger partial charge in [-0.2, -0.15) is 0 Å². The first-order valence-corrected chi connectivity index (χ1v) is 9.29. The van der Waals surface area contributed by atoms with Gasteiger partial charge in [0.1, 0.15) is 0 Å². The van der Waals surface area contributed by atoms with Crippen molar-refractivity contribution in [3.63, 3.8) is 0 Å². The molecule has 0 aliphatic carbocycles. The number of carbonyl (C=O) groups is 1. The first-order valence-electron chi connectivity index (χ1n) is 6.19. The molecule has 0 bridgehead atoms. The topological polar surface area (TPSA) is 60.4 Å². The summed E-state index contributed by atoms with van der Waals surface area (Å²) in [5, 5.41) is 0. The van der Waals surface area contributed by atoms with Gasteiger partial charge in [0.05, 0.1) is 17.1 Å². The Labute approximate surface area is 132 Å². The van der Waals surface area contributed by atoms with E-state index >= 15 is 0 Å². The molecule has 0 spiro atoms. The lowest BCUT2D eigenvalue weighted by Gasteiger charge is -2.09. The highest BCUT2D eigenvalue weighted by Crippen LogP contribution is 2.28. The van der Waals surface area contributed by atoms with Crippen LogP contribution in [0.15, 0.2) is 21.5 Å². The maximum atomic E-state index is 11.9. The van der Waals surface area contributed by atoms with E-state index in [-0.39, 0.29) is 10.5 Å². The molecule has 20 heavy (non-hydrogen) atoms. The monoisotopic (exact) mass is 382 g/mol. The lowest BCUT2D eigenvalue weighted by Crippen LogP contribution is -2.08. The average Bonchev–Trinajstić information content (AvgIpc) is 2.36. The molecule has 0 heterocycles. The van der Waals surface area contributed by atoms with E-state index in [1.165, 1.54) is 12.1 Å². The van der Waals surface area contributed by atoms with Crippen molar-refractivity contribution < 1.29 is 17.9 Å². The van der Waals surface area contributed by atoms with Gasteiger partial charge in [-0.3, -0.25) is 0 Å². The second-order valence-corrected chi connectivity index (χ2v) is 7.75. The predicted octanol–water partition coefficient (Wildman–Crippen LogP) is 4.03. The van der Waals surface area contributed by atoms with Crippen molar-refractivity contribution in [2.45, 2.75) is 38.0 Å². The number of hydrogen-bond donors (Lipinski definition) is 0. The van der Waals surface area contributed by atoms with Crippen LogP contribution in [-0.2, 0) is 13.8 Å². The molecule has 7 heteroatoms. The fourth-order valence-electron chi connectivity index (χ4n) is 1.62. The number of ether oxygens (including phenoxy) is 1. The molecule has 0 atom stereocenters. The van der Waals surface area contributed by atoms with Crippen LogP contribution < -0.4 is 0 Å². The number of unbranched alkanes of at least 4 members (excludes halogenated alkanes) is 2. The molecular formula is C13H16BrClO4S. The molecule has 1 aromatic carbocycles. The summed E-state index contributed by atoms with van der Waals surface area (Å²) in [6.45, 7) is 3.98. The van der Waals surface area contributed by atoms with Crippen LogP contribution in [0.2, 0.25) is 0 Å². The smallest absolute Gasteiger partial charge is 0.338 e. The molecule has 0 radical (unpaired) electrons. The molecule has 0 N–H and O–H groups in total. The average molecular weight is 384 g/mol. The number of benzene rings is 1. The van der Waals surface area contributed by atoms with Gasteiger partial charge in [-0.25, -0.2) is 13.2 Å². The minimum absolute atomic E-state index is 0.0888. The van der Waals surface area contributed by atoms with E-state index in [2.05, 4.69) is 22.9 Å². The van der Waals surface area contributed by atoms with Crippen molar-refractivity contribution >= 4 is 41.6 Å². The Morgan fingerprint density at radius 1 is 1.35 bits per heavy atom. The summed E-state index contributed by atoms with van der Waals surface area (Å²) in [5.74, 6) is -0.552. The fraction of sp³-hybridized carbons (Fsp3) is 0.462. The molecule has 4 nitrogen and oxygen atoms in total. The third-order valence-corrected chi connectivity index (χ3v) is 5.05. The maximum absolute atomic E-state index is 11.9. The first-order chi connectivity index (χ1) is 9.27. The standard InChI is InChI=1S/C13H16BrClO4S/c1-3-4-5-6-19-13(16)10-7-11(14)9(2)12(8-10)20(15,17)18/h7-8H,3-6H2,1-2H3. The maximum Gasteiger partial charge on any atom is 0.338 e. The van der Waals surface area contributed by atoms with Crippen molar-refractivity contribution in [3.05, 3.63) is 27.7 Å². The van der Waals surface area contributed by atoms with Crippen molar-refractivity contribution in [2.24, 2.45) is 0 Å². The van der Waals surface area contributed by atoms with Crippen LogP contribution in [0.3, 0.4) is 0 Å². The van der Waals surface area contributed by atoms with Crippen LogP contribution in [0, 0.1) is 6.92 Å². The van der Waals surface area contributed by atoms with Gasteiger partial charge in [-0.15, -0.1) is 0 Å². The Bertz CT molecular complexity index is 599. The Hall–Kier alpha value is -0.590. The van der Waals surface area contributed by atoms with E-state index in [9.17, 15) is 13.2 Å². The van der Waals surface area contributed by atoms with Gasteiger partial charge in [0.2, 0.25) is 0 Å². The lowest BCUT2D eigenvalue weighted by molar-refractivity contribution is 0.0498. The number of halogens is 2. The van der Waals surface area contributed by atoms with E-state index in [1.807, 2.05) is 0 Å². The largest absolute Gasteiger partial charge is 0.462 e. The summed E-state index contributed by atoms with van der Waals surface area (Å²) < 4.78 is 28.5. The zero-order chi connectivity index (χ0) is 15.3. The van der Waals surface area contributed by atoms with Gasteiger partial charge in [0.15, 0.2) is 0 Å². The molecule has 0 aliphatic heterocycles. The zero-order valence-electron chi connectivity index (χ0n) is 11.3. The number of esters is 1. The van der Waals surface area contributed by atoms with Crippen molar-refractivity contribution in [1.82, 2.24) is 0 Å². The van der Waals surface area contributed by atoms with Gasteiger partial charge >= 0.3 is 5.97 Å². The van der Waals surface area contributed by atoms with Gasteiger partial charge in [-0.1, -0.05) is 35.7 Å². The number of hydrogen-bond acceptors (Lipinski definition) is 4. The van der Waals surface area contributed by atoms with E-state index < -0.39 is 15.0 Å². The molecule has 1 rings (SSSR count). The highest BCUT2D eigenvalue weighted by atomic mass is 79.9. The highest BCUT2D eigenvalue weighted by molar-refractivity contribution is 9.10. The summed E-state index contributed by atoms with van der Waals surface area (Å²) in [7, 11) is 1.45. The van der Waals surface area contributed by atoms with Gasteiger partial charge < -0.3 is 4.74 Å². The second-order valence-electron chi connectivity index (χ2n) is 4.36. The molecular weight excluding hydrogens is 368 g/mol. The minimum Gasteiger partial charge on any atom is -0.462 e. The molecule has 0 saturated carbocycles. The normalized spacial score (nSPS) is 11.4. The van der Waals surface area contributed by atoms with Crippen LogP contribution in [0.25, 0.3) is 0 Å². The number of carbonyl (C=O) groups excluding carboxylic acids is 1. The Kier molecular flexibility index (Phi) is 6.48. The van der Waals surface area contributed by atoms with Crippen molar-refractivity contribution in [2.75, 3.05) is 6.61 Å². The van der Waals surface area contributed by atoms with Crippen molar-refractivity contribution in [1.29, 1.82) is 0 Å². The second kappa shape index (κ2) is 7.43. The summed E-state index contributed by atoms with van der Waals surface area (Å²) in [5.41, 5.74) is 0.626. The molecule has 0 amide bonds. The molecule has 0 aliphatic rings. The third kappa shape index (κ3) is 4.75. The van der Waals surface area contributed by atoms with Crippen molar-refractivity contribution in [3.8, 4) is 0 Å². The Balaban J connectivity index is 2.97. The summed E-state index contributed by atoms with van der Waals surface area (Å²) in [6.07, 6.45) is 2.80. The van der Waals surface area contributed by atoms with Crippen LogP contribution in [0.5, 0.6) is 0 Å².